The Balaban J connectivity index is 1.68. The van der Waals surface area contributed by atoms with Gasteiger partial charge in [0.1, 0.15) is 4.90 Å². The van der Waals surface area contributed by atoms with Crippen LogP contribution in [-0.4, -0.2) is 20.9 Å². The first-order valence-electron chi connectivity index (χ1n) is 9.11. The summed E-state index contributed by atoms with van der Waals surface area (Å²) in [4.78, 5) is 12.2. The molecule has 30 heavy (non-hydrogen) atoms. The molecule has 0 aliphatic heterocycles. The molecule has 0 spiro atoms. The van der Waals surface area contributed by atoms with Crippen LogP contribution in [0.15, 0.2) is 83.8 Å². The van der Waals surface area contributed by atoms with E-state index in [4.69, 9.17) is 11.6 Å². The molecule has 0 unspecified atom stereocenters. The fourth-order valence-corrected chi connectivity index (χ4v) is 4.14. The molecule has 5 nitrogen and oxygen atoms in total. The Morgan fingerprint density at radius 1 is 0.933 bits per heavy atom. The van der Waals surface area contributed by atoms with Crippen molar-refractivity contribution in [2.75, 3.05) is 6.54 Å². The van der Waals surface area contributed by atoms with Crippen molar-refractivity contribution >= 4 is 27.5 Å². The van der Waals surface area contributed by atoms with Crippen LogP contribution in [0.25, 0.3) is 0 Å². The molecule has 152 valence electrons. The molecule has 0 fully saturated rings. The molecule has 0 radical (unpaired) electrons. The summed E-state index contributed by atoms with van der Waals surface area (Å²) in [5.41, 5.74) is 1.83. The summed E-state index contributed by atoms with van der Waals surface area (Å²) >= 11 is 6.09. The van der Waals surface area contributed by atoms with Gasteiger partial charge in [-0.3, -0.25) is 4.79 Å². The minimum atomic E-state index is -3.90. The van der Waals surface area contributed by atoms with Crippen LogP contribution in [0.5, 0.6) is 0 Å². The zero-order valence-electron chi connectivity index (χ0n) is 15.9. The van der Waals surface area contributed by atoms with Gasteiger partial charge in [-0.05, 0) is 35.9 Å². The SMILES string of the molecule is O=C(NCC#Cc1ccccc1)c1ccc(Cl)c(S(=O)(=O)NCc2ccccc2)c1. The fourth-order valence-electron chi connectivity index (χ4n) is 2.60. The molecule has 3 rings (SSSR count). The minimum absolute atomic E-state index is 0.0379. The maximum atomic E-state index is 12.7. The average Bonchev–Trinajstić information content (AvgIpc) is 2.77. The van der Waals surface area contributed by atoms with Crippen LogP contribution in [0.1, 0.15) is 21.5 Å². The Morgan fingerprint density at radius 3 is 2.30 bits per heavy atom. The first kappa shape index (κ1) is 21.6. The van der Waals surface area contributed by atoms with Gasteiger partial charge < -0.3 is 5.32 Å². The second-order valence-corrected chi connectivity index (χ2v) is 8.45. The number of hydrogen-bond donors (Lipinski definition) is 2. The van der Waals surface area contributed by atoms with Gasteiger partial charge in [0.25, 0.3) is 5.91 Å². The standard InChI is InChI=1S/C23H19ClN2O3S/c24-21-14-13-20(23(27)25-15-7-12-18-8-3-1-4-9-18)16-22(21)30(28,29)26-17-19-10-5-2-6-11-19/h1-6,8-11,13-14,16,26H,15,17H2,(H,25,27). The highest BCUT2D eigenvalue weighted by Crippen LogP contribution is 2.23. The third-order valence-electron chi connectivity index (χ3n) is 4.14. The number of carbonyl (C=O) groups is 1. The molecular weight excluding hydrogens is 420 g/mol. The van der Waals surface area contributed by atoms with Gasteiger partial charge in [-0.1, -0.05) is 72.0 Å². The van der Waals surface area contributed by atoms with Crippen LogP contribution in [0.3, 0.4) is 0 Å². The number of nitrogens with one attached hydrogen (secondary N) is 2. The van der Waals surface area contributed by atoms with Crippen molar-refractivity contribution in [1.29, 1.82) is 0 Å². The van der Waals surface area contributed by atoms with Crippen LogP contribution in [0.2, 0.25) is 5.02 Å². The molecule has 0 atom stereocenters. The predicted molar refractivity (Wildman–Crippen MR) is 118 cm³/mol. The molecule has 0 aromatic heterocycles. The molecular formula is C23H19ClN2O3S. The van der Waals surface area contributed by atoms with Crippen molar-refractivity contribution in [2.24, 2.45) is 0 Å². The number of amides is 1. The minimum Gasteiger partial charge on any atom is -0.341 e. The van der Waals surface area contributed by atoms with E-state index in [0.717, 1.165) is 11.1 Å². The summed E-state index contributed by atoms with van der Waals surface area (Å²) in [5, 5.41) is 2.69. The molecule has 0 saturated carbocycles. The smallest absolute Gasteiger partial charge is 0.252 e. The molecule has 0 saturated heterocycles. The number of halogens is 1. The maximum absolute atomic E-state index is 12.7. The first-order chi connectivity index (χ1) is 14.5. The molecule has 3 aromatic rings. The van der Waals surface area contributed by atoms with Crippen molar-refractivity contribution in [3.8, 4) is 11.8 Å². The van der Waals surface area contributed by atoms with E-state index in [1.165, 1.54) is 18.2 Å². The van der Waals surface area contributed by atoms with Crippen LogP contribution in [0.4, 0.5) is 0 Å². The van der Waals surface area contributed by atoms with Crippen LogP contribution < -0.4 is 10.0 Å². The first-order valence-corrected chi connectivity index (χ1v) is 11.0. The van der Waals surface area contributed by atoms with Gasteiger partial charge in [0.05, 0.1) is 11.6 Å². The largest absolute Gasteiger partial charge is 0.341 e. The summed E-state index contributed by atoms with van der Waals surface area (Å²) in [5.74, 6) is 5.36. The number of benzene rings is 3. The lowest BCUT2D eigenvalue weighted by Gasteiger charge is -2.10. The molecule has 2 N–H and O–H groups in total. The molecule has 0 aliphatic rings. The molecule has 0 heterocycles. The predicted octanol–water partition coefficient (Wildman–Crippen LogP) is 3.60. The summed E-state index contributed by atoms with van der Waals surface area (Å²) in [6, 6.07) is 22.6. The number of hydrogen-bond acceptors (Lipinski definition) is 3. The lowest BCUT2D eigenvalue weighted by molar-refractivity contribution is 0.0958. The highest BCUT2D eigenvalue weighted by atomic mass is 35.5. The second kappa shape index (κ2) is 10.1. The fraction of sp³-hybridized carbons (Fsp3) is 0.0870. The van der Waals surface area contributed by atoms with Gasteiger partial charge in [-0.15, -0.1) is 0 Å². The Hall–Kier alpha value is -3.11. The number of carbonyl (C=O) groups excluding carboxylic acids is 1. The number of rotatable bonds is 6. The van der Waals surface area contributed by atoms with Crippen molar-refractivity contribution < 1.29 is 13.2 Å². The zero-order valence-corrected chi connectivity index (χ0v) is 17.5. The van der Waals surface area contributed by atoms with Gasteiger partial charge in [-0.2, -0.15) is 0 Å². The molecule has 0 bridgehead atoms. The van der Waals surface area contributed by atoms with Crippen LogP contribution >= 0.6 is 11.6 Å². The topological polar surface area (TPSA) is 75.3 Å². The van der Waals surface area contributed by atoms with Crippen molar-refractivity contribution in [2.45, 2.75) is 11.4 Å². The Morgan fingerprint density at radius 2 is 1.60 bits per heavy atom. The quantitative estimate of drug-likeness (QED) is 0.577. The van der Waals surface area contributed by atoms with Crippen LogP contribution in [0, 0.1) is 11.8 Å². The highest BCUT2D eigenvalue weighted by Gasteiger charge is 2.20. The second-order valence-electron chi connectivity index (χ2n) is 6.31. The lowest BCUT2D eigenvalue weighted by Crippen LogP contribution is -2.26. The van der Waals surface area contributed by atoms with Gasteiger partial charge in [0.15, 0.2) is 0 Å². The number of sulfonamides is 1. The van der Waals surface area contributed by atoms with Gasteiger partial charge in [0.2, 0.25) is 10.0 Å². The highest BCUT2D eigenvalue weighted by molar-refractivity contribution is 7.89. The molecule has 3 aromatic carbocycles. The molecule has 7 heteroatoms. The molecule has 1 amide bonds. The maximum Gasteiger partial charge on any atom is 0.252 e. The van der Waals surface area contributed by atoms with E-state index in [2.05, 4.69) is 21.9 Å². The van der Waals surface area contributed by atoms with E-state index in [1.54, 1.807) is 0 Å². The van der Waals surface area contributed by atoms with E-state index in [9.17, 15) is 13.2 Å². The van der Waals surface area contributed by atoms with Crippen molar-refractivity contribution in [3.05, 3.63) is 101 Å². The van der Waals surface area contributed by atoms with Gasteiger partial charge in [0, 0.05) is 17.7 Å². The third-order valence-corrected chi connectivity index (χ3v) is 6.02. The summed E-state index contributed by atoms with van der Waals surface area (Å²) in [6.07, 6.45) is 0. The van der Waals surface area contributed by atoms with Crippen molar-refractivity contribution in [3.63, 3.8) is 0 Å². The average molecular weight is 439 g/mol. The third kappa shape index (κ3) is 5.94. The summed E-state index contributed by atoms with van der Waals surface area (Å²) in [7, 11) is -3.90. The van der Waals surface area contributed by atoms with E-state index < -0.39 is 15.9 Å². The monoisotopic (exact) mass is 438 g/mol. The zero-order chi connectivity index (χ0) is 21.4. The van der Waals surface area contributed by atoms with Crippen molar-refractivity contribution in [1.82, 2.24) is 10.0 Å². The van der Waals surface area contributed by atoms with E-state index >= 15 is 0 Å². The van der Waals surface area contributed by atoms with Crippen LogP contribution in [-0.2, 0) is 16.6 Å². The summed E-state index contributed by atoms with van der Waals surface area (Å²) < 4.78 is 27.8. The van der Waals surface area contributed by atoms with E-state index in [0.29, 0.717) is 0 Å². The normalized spacial score (nSPS) is 10.7. The van der Waals surface area contributed by atoms with Gasteiger partial charge >= 0.3 is 0 Å². The Kier molecular flexibility index (Phi) is 7.26. The van der Waals surface area contributed by atoms with E-state index in [1.807, 2.05) is 60.7 Å². The Bertz CT molecular complexity index is 1190. The lowest BCUT2D eigenvalue weighted by atomic mass is 10.2. The Labute approximate surface area is 181 Å². The molecule has 0 aliphatic carbocycles. The van der Waals surface area contributed by atoms with Gasteiger partial charge in [-0.25, -0.2) is 13.1 Å². The van der Waals surface area contributed by atoms with E-state index in [-0.39, 0.29) is 28.6 Å². The summed E-state index contributed by atoms with van der Waals surface area (Å²) in [6.45, 7) is 0.246.